The van der Waals surface area contributed by atoms with Crippen LogP contribution >= 0.6 is 0 Å². The number of nitrogen functional groups attached to an aromatic ring is 1. The summed E-state index contributed by atoms with van der Waals surface area (Å²) in [4.78, 5) is 7.94. The summed E-state index contributed by atoms with van der Waals surface area (Å²) in [6.45, 7) is 0. The van der Waals surface area contributed by atoms with Crippen LogP contribution in [-0.4, -0.2) is 49.1 Å². The molecule has 2 aromatic carbocycles. The van der Waals surface area contributed by atoms with E-state index in [-0.39, 0.29) is 5.95 Å². The van der Waals surface area contributed by atoms with Crippen molar-refractivity contribution in [3.8, 4) is 5.75 Å². The summed E-state index contributed by atoms with van der Waals surface area (Å²) < 4.78 is 72.7. The third kappa shape index (κ3) is 5.16. The highest BCUT2D eigenvalue weighted by atomic mass is 32.2. The topological polar surface area (TPSA) is 122 Å². The van der Waals surface area contributed by atoms with Crippen LogP contribution in [0.15, 0.2) is 48.7 Å². The van der Waals surface area contributed by atoms with Gasteiger partial charge in [-0.3, -0.25) is 0 Å². The molecule has 36 heavy (non-hydrogen) atoms. The van der Waals surface area contributed by atoms with Gasteiger partial charge in [0.15, 0.2) is 0 Å². The Kier molecular flexibility index (Phi) is 6.71. The Balaban J connectivity index is 1.73. The van der Waals surface area contributed by atoms with E-state index in [4.69, 9.17) is 10.5 Å². The molecule has 1 aliphatic carbocycles. The molecule has 0 radical (unpaired) electrons. The van der Waals surface area contributed by atoms with Crippen molar-refractivity contribution in [2.45, 2.75) is 24.7 Å². The zero-order valence-corrected chi connectivity index (χ0v) is 20.5. The van der Waals surface area contributed by atoms with Crippen LogP contribution in [0.1, 0.15) is 22.7 Å². The number of hydrogen-bond donors (Lipinski definition) is 3. The number of benzene rings is 2. The second-order valence-corrected chi connectivity index (χ2v) is 10.5. The van der Waals surface area contributed by atoms with Gasteiger partial charge >= 0.3 is 6.18 Å². The number of nitrogens with one attached hydrogen (secondary N) is 2. The summed E-state index contributed by atoms with van der Waals surface area (Å²) in [5.74, 6) is -0.231. The monoisotopic (exact) mass is 522 g/mol. The highest BCUT2D eigenvalue weighted by Crippen LogP contribution is 2.40. The molecule has 1 heterocycles. The first-order chi connectivity index (χ1) is 16.9. The molecule has 4 N–H and O–H groups in total. The highest BCUT2D eigenvalue weighted by molar-refractivity contribution is 7.88. The third-order valence-corrected chi connectivity index (χ3v) is 7.27. The Morgan fingerprint density at radius 2 is 1.92 bits per heavy atom. The summed E-state index contributed by atoms with van der Waals surface area (Å²) >= 11 is 0. The van der Waals surface area contributed by atoms with Gasteiger partial charge in [0.05, 0.1) is 31.1 Å². The fourth-order valence-electron chi connectivity index (χ4n) is 4.23. The molecule has 192 valence electrons. The molecule has 0 saturated heterocycles. The molecule has 0 unspecified atom stereocenters. The fraction of sp³-hybridized carbons (Fsp3) is 0.304. The van der Waals surface area contributed by atoms with Gasteiger partial charge in [0.2, 0.25) is 16.0 Å². The number of ether oxygens (including phenoxy) is 1. The summed E-state index contributed by atoms with van der Waals surface area (Å²) in [6.07, 6.45) is -2.71. The molecule has 0 fully saturated rings. The number of nitrogens with two attached hydrogens (primary N) is 1. The lowest BCUT2D eigenvalue weighted by Gasteiger charge is -2.30. The van der Waals surface area contributed by atoms with Crippen molar-refractivity contribution >= 4 is 33.2 Å². The average Bonchev–Trinajstić information content (AvgIpc) is 3.16. The number of sulfonamides is 1. The molecule has 3 aromatic rings. The summed E-state index contributed by atoms with van der Waals surface area (Å²) in [5.41, 5.74) is 7.09. The molecule has 0 spiro atoms. The highest BCUT2D eigenvalue weighted by Gasteiger charge is 2.41. The van der Waals surface area contributed by atoms with Gasteiger partial charge in [-0.15, -0.1) is 0 Å². The number of anilines is 4. The lowest BCUT2D eigenvalue weighted by molar-refractivity contribution is -0.137. The first-order valence-electron chi connectivity index (χ1n) is 10.8. The molecule has 0 saturated carbocycles. The van der Waals surface area contributed by atoms with Gasteiger partial charge in [0, 0.05) is 25.0 Å². The first kappa shape index (κ1) is 25.5. The van der Waals surface area contributed by atoms with Gasteiger partial charge in [-0.05, 0) is 29.7 Å². The number of methoxy groups -OCH3 is 1. The number of aromatic nitrogens is 2. The van der Waals surface area contributed by atoms with E-state index < -0.39 is 39.7 Å². The van der Waals surface area contributed by atoms with Gasteiger partial charge in [0.1, 0.15) is 17.1 Å². The summed E-state index contributed by atoms with van der Waals surface area (Å²) in [7, 11) is -0.819. The molecule has 4 rings (SSSR count). The van der Waals surface area contributed by atoms with Crippen molar-refractivity contribution in [2.75, 3.05) is 36.8 Å². The maximum Gasteiger partial charge on any atom is 0.421 e. The Labute approximate surface area is 206 Å². The lowest BCUT2D eigenvalue weighted by Crippen LogP contribution is -2.39. The minimum Gasteiger partial charge on any atom is -0.494 e. The molecule has 2 atom stereocenters. The van der Waals surface area contributed by atoms with Gasteiger partial charge in [-0.2, -0.15) is 22.5 Å². The standard InChI is InChI=1S/C23H25F3N6O3S/c1-32(36(3,33)34)20-15-7-5-4-6-13(15)10-18(20)29-21-16(23(24,25)26)12-28-22(31-21)30-17-9-8-14(27)11-19(17)35-2/h4-9,11-12,18,20H,10,27H2,1-3H3,(H2,28,29,30,31)/t18-,20-/m1/s1. The molecule has 1 aliphatic rings. The van der Waals surface area contributed by atoms with E-state index in [2.05, 4.69) is 20.6 Å². The quantitative estimate of drug-likeness (QED) is 0.401. The van der Waals surface area contributed by atoms with E-state index in [1.54, 1.807) is 36.4 Å². The molecular weight excluding hydrogens is 497 g/mol. The number of nitrogens with zero attached hydrogens (tertiary/aromatic N) is 3. The van der Waals surface area contributed by atoms with Crippen LogP contribution in [0.3, 0.4) is 0 Å². The van der Waals surface area contributed by atoms with E-state index in [1.807, 2.05) is 6.07 Å². The number of halogens is 3. The smallest absolute Gasteiger partial charge is 0.421 e. The SMILES string of the molecule is COc1cc(N)ccc1Nc1ncc(C(F)(F)F)c(N[C@@H]2Cc3ccccc3[C@H]2N(C)S(C)(=O)=O)n1. The average molecular weight is 523 g/mol. The van der Waals surface area contributed by atoms with E-state index in [1.165, 1.54) is 14.2 Å². The maximum absolute atomic E-state index is 13.9. The van der Waals surface area contributed by atoms with Crippen molar-refractivity contribution in [3.05, 3.63) is 65.4 Å². The van der Waals surface area contributed by atoms with Crippen LogP contribution in [0.25, 0.3) is 0 Å². The third-order valence-electron chi connectivity index (χ3n) is 6.00. The molecule has 0 amide bonds. The molecule has 0 aliphatic heterocycles. The van der Waals surface area contributed by atoms with Crippen LogP contribution in [0.5, 0.6) is 5.75 Å². The Morgan fingerprint density at radius 3 is 2.58 bits per heavy atom. The van der Waals surface area contributed by atoms with E-state index in [0.717, 1.165) is 21.7 Å². The van der Waals surface area contributed by atoms with Crippen LogP contribution in [0.4, 0.5) is 36.3 Å². The van der Waals surface area contributed by atoms with Crippen molar-refractivity contribution in [1.29, 1.82) is 0 Å². The minimum absolute atomic E-state index is 0.114. The number of hydrogen-bond acceptors (Lipinski definition) is 8. The van der Waals surface area contributed by atoms with Crippen molar-refractivity contribution < 1.29 is 26.3 Å². The predicted molar refractivity (Wildman–Crippen MR) is 131 cm³/mol. The van der Waals surface area contributed by atoms with Gasteiger partial charge < -0.3 is 21.1 Å². The Morgan fingerprint density at radius 1 is 1.19 bits per heavy atom. The van der Waals surface area contributed by atoms with E-state index >= 15 is 0 Å². The van der Waals surface area contributed by atoms with Crippen LogP contribution < -0.4 is 21.1 Å². The largest absolute Gasteiger partial charge is 0.494 e. The zero-order valence-electron chi connectivity index (χ0n) is 19.7. The molecule has 9 nitrogen and oxygen atoms in total. The maximum atomic E-state index is 13.9. The van der Waals surface area contributed by atoms with Crippen LogP contribution in [-0.2, 0) is 22.6 Å². The Hall–Kier alpha value is -3.58. The zero-order chi connectivity index (χ0) is 26.3. The normalized spacial score (nSPS) is 17.6. The number of rotatable bonds is 7. The summed E-state index contributed by atoms with van der Waals surface area (Å²) in [6, 6.07) is 10.4. The fourth-order valence-corrected chi connectivity index (χ4v) is 4.90. The van der Waals surface area contributed by atoms with Crippen molar-refractivity contribution in [2.24, 2.45) is 0 Å². The number of alkyl halides is 3. The van der Waals surface area contributed by atoms with Crippen LogP contribution in [0.2, 0.25) is 0 Å². The van der Waals surface area contributed by atoms with Gasteiger partial charge in [-0.1, -0.05) is 24.3 Å². The lowest BCUT2D eigenvalue weighted by atomic mass is 10.1. The first-order valence-corrected chi connectivity index (χ1v) is 12.7. The number of fused-ring (bicyclic) bond motifs is 1. The minimum atomic E-state index is -4.75. The Bertz CT molecular complexity index is 1380. The van der Waals surface area contributed by atoms with Crippen molar-refractivity contribution in [1.82, 2.24) is 14.3 Å². The second kappa shape index (κ2) is 9.47. The van der Waals surface area contributed by atoms with E-state index in [0.29, 0.717) is 29.7 Å². The second-order valence-electron chi connectivity index (χ2n) is 8.42. The summed E-state index contributed by atoms with van der Waals surface area (Å²) in [5, 5.41) is 5.72. The van der Waals surface area contributed by atoms with Crippen molar-refractivity contribution in [3.63, 3.8) is 0 Å². The predicted octanol–water partition coefficient (Wildman–Crippen LogP) is 3.80. The molecule has 0 bridgehead atoms. The molecular formula is C23H25F3N6O3S. The van der Waals surface area contributed by atoms with Gasteiger partial charge in [0.25, 0.3) is 0 Å². The van der Waals surface area contributed by atoms with E-state index in [9.17, 15) is 21.6 Å². The molecule has 13 heteroatoms. The molecule has 1 aromatic heterocycles. The van der Waals surface area contributed by atoms with Gasteiger partial charge in [-0.25, -0.2) is 13.4 Å². The number of likely N-dealkylation sites (N-methyl/N-ethyl adjacent to an activating group) is 1. The van der Waals surface area contributed by atoms with Crippen LogP contribution in [0, 0.1) is 0 Å².